The summed E-state index contributed by atoms with van der Waals surface area (Å²) in [7, 11) is 0. The first kappa shape index (κ1) is 14.0. The largest absolute Gasteiger partial charge is 0.293 e. The molecule has 2 heteroatoms. The molecule has 0 saturated heterocycles. The van der Waals surface area contributed by atoms with Crippen LogP contribution >= 0.6 is 11.3 Å². The number of Topliss-reactive ketones (excluding diaryl/α,β-unsaturated/α-hetero) is 1. The van der Waals surface area contributed by atoms with Gasteiger partial charge in [0.25, 0.3) is 0 Å². The van der Waals surface area contributed by atoms with Gasteiger partial charge in [0.05, 0.1) is 4.88 Å². The summed E-state index contributed by atoms with van der Waals surface area (Å²) in [4.78, 5) is 14.1. The fourth-order valence-corrected chi connectivity index (χ4v) is 3.27. The van der Waals surface area contributed by atoms with Gasteiger partial charge < -0.3 is 0 Å². The van der Waals surface area contributed by atoms with Crippen LogP contribution < -0.4 is 0 Å². The van der Waals surface area contributed by atoms with Crippen LogP contribution in [0.5, 0.6) is 0 Å². The smallest absolute Gasteiger partial charge is 0.175 e. The van der Waals surface area contributed by atoms with Gasteiger partial charge in [-0.05, 0) is 29.2 Å². The van der Waals surface area contributed by atoms with Crippen LogP contribution in [0.3, 0.4) is 0 Å². The lowest BCUT2D eigenvalue weighted by Gasteiger charge is -2.10. The van der Waals surface area contributed by atoms with Gasteiger partial charge in [0, 0.05) is 10.8 Å². The van der Waals surface area contributed by atoms with E-state index in [-0.39, 0.29) is 11.7 Å². The van der Waals surface area contributed by atoms with Gasteiger partial charge in [0.1, 0.15) is 0 Å². The summed E-state index contributed by atoms with van der Waals surface area (Å²) >= 11 is 1.60. The van der Waals surface area contributed by atoms with Crippen molar-refractivity contribution in [1.29, 1.82) is 0 Å². The van der Waals surface area contributed by atoms with Gasteiger partial charge in [-0.1, -0.05) is 52.0 Å². The van der Waals surface area contributed by atoms with Crippen molar-refractivity contribution in [2.75, 3.05) is 0 Å². The molecule has 1 aromatic heterocycles. The van der Waals surface area contributed by atoms with Crippen LogP contribution in [0.4, 0.5) is 0 Å². The number of hydrogen-bond acceptors (Lipinski definition) is 2. The number of carbonyl (C=O) groups excluding carboxylic acids is 1. The third kappa shape index (κ3) is 2.95. The van der Waals surface area contributed by atoms with Crippen molar-refractivity contribution < 1.29 is 4.79 Å². The number of hydrogen-bond donors (Lipinski definition) is 0. The van der Waals surface area contributed by atoms with Crippen LogP contribution in [0.15, 0.2) is 36.4 Å². The van der Waals surface area contributed by atoms with Crippen LogP contribution in [-0.4, -0.2) is 5.78 Å². The Morgan fingerprint density at radius 2 is 1.68 bits per heavy atom. The maximum Gasteiger partial charge on any atom is 0.175 e. The van der Waals surface area contributed by atoms with Gasteiger partial charge in [-0.3, -0.25) is 4.79 Å². The Morgan fingerprint density at radius 1 is 1.00 bits per heavy atom. The molecule has 100 valence electrons. The first-order chi connectivity index (χ1) is 9.00. The predicted octanol–water partition coefficient (Wildman–Crippen LogP) is 5.38. The molecule has 0 radical (unpaired) electrons. The van der Waals surface area contributed by atoms with Crippen LogP contribution in [0, 0.1) is 5.92 Å². The predicted molar refractivity (Wildman–Crippen MR) is 83.0 cm³/mol. The molecule has 19 heavy (non-hydrogen) atoms. The molecule has 0 saturated carbocycles. The number of rotatable bonds is 4. The van der Waals surface area contributed by atoms with Crippen molar-refractivity contribution in [3.8, 4) is 10.4 Å². The van der Waals surface area contributed by atoms with Crippen molar-refractivity contribution in [3.63, 3.8) is 0 Å². The van der Waals surface area contributed by atoms with Gasteiger partial charge in [-0.15, -0.1) is 11.3 Å². The van der Waals surface area contributed by atoms with Crippen molar-refractivity contribution >= 4 is 17.1 Å². The molecule has 0 unspecified atom stereocenters. The fraction of sp³-hybridized carbons (Fsp3) is 0.353. The molecule has 2 aromatic rings. The van der Waals surface area contributed by atoms with Crippen LogP contribution in [0.2, 0.25) is 0 Å². The van der Waals surface area contributed by atoms with E-state index in [0.29, 0.717) is 5.92 Å². The quantitative estimate of drug-likeness (QED) is 0.683. The first-order valence-electron chi connectivity index (χ1n) is 6.74. The van der Waals surface area contributed by atoms with Gasteiger partial charge in [0.2, 0.25) is 0 Å². The molecule has 0 N–H and O–H groups in total. The molecule has 0 atom stereocenters. The van der Waals surface area contributed by atoms with Gasteiger partial charge in [-0.2, -0.15) is 0 Å². The zero-order valence-corrected chi connectivity index (χ0v) is 12.8. The minimum atomic E-state index is 0.0619. The third-order valence-electron chi connectivity index (χ3n) is 3.22. The summed E-state index contributed by atoms with van der Waals surface area (Å²) in [5.41, 5.74) is 2.60. The summed E-state index contributed by atoms with van der Waals surface area (Å²) in [5.74, 6) is 0.785. The van der Waals surface area contributed by atoms with Gasteiger partial charge >= 0.3 is 0 Å². The monoisotopic (exact) mass is 272 g/mol. The van der Waals surface area contributed by atoms with Gasteiger partial charge in [0.15, 0.2) is 5.78 Å². The Balaban J connectivity index is 2.41. The summed E-state index contributed by atoms with van der Waals surface area (Å²) in [5, 5.41) is 0. The number of ketones is 1. The molecule has 0 fully saturated rings. The van der Waals surface area contributed by atoms with Crippen LogP contribution in [0.1, 0.15) is 48.8 Å². The van der Waals surface area contributed by atoms with E-state index in [1.54, 1.807) is 11.3 Å². The van der Waals surface area contributed by atoms with E-state index in [4.69, 9.17) is 0 Å². The van der Waals surface area contributed by atoms with E-state index in [9.17, 15) is 4.79 Å². The second-order valence-corrected chi connectivity index (χ2v) is 6.51. The molecule has 0 aliphatic carbocycles. The lowest BCUT2D eigenvalue weighted by Crippen LogP contribution is -2.04. The Kier molecular flexibility index (Phi) is 4.20. The van der Waals surface area contributed by atoms with E-state index in [2.05, 4.69) is 44.2 Å². The van der Waals surface area contributed by atoms with Crippen molar-refractivity contribution in [2.24, 2.45) is 5.92 Å². The highest BCUT2D eigenvalue weighted by molar-refractivity contribution is 7.17. The number of benzene rings is 1. The minimum absolute atomic E-state index is 0.0619. The average Bonchev–Trinajstić information content (AvgIpc) is 2.87. The zero-order chi connectivity index (χ0) is 14.0. The number of thiophene rings is 1. The summed E-state index contributed by atoms with van der Waals surface area (Å²) in [6.07, 6.45) is 0. The van der Waals surface area contributed by atoms with E-state index in [1.807, 2.05) is 19.9 Å². The molecule has 0 aliphatic heterocycles. The molecular weight excluding hydrogens is 252 g/mol. The molecule has 1 heterocycles. The van der Waals surface area contributed by atoms with Crippen LogP contribution in [0.25, 0.3) is 10.4 Å². The third-order valence-corrected chi connectivity index (χ3v) is 4.35. The molecule has 0 amide bonds. The second-order valence-electron chi connectivity index (χ2n) is 5.42. The SMILES string of the molecule is CC(C)C(=O)c1ccc(-c2ccccc2C(C)C)s1. The Morgan fingerprint density at radius 3 is 2.32 bits per heavy atom. The van der Waals surface area contributed by atoms with Crippen molar-refractivity contribution in [2.45, 2.75) is 33.6 Å². The molecule has 1 aromatic carbocycles. The summed E-state index contributed by atoms with van der Waals surface area (Å²) in [6, 6.07) is 12.5. The highest BCUT2D eigenvalue weighted by Gasteiger charge is 2.15. The maximum atomic E-state index is 12.0. The molecule has 0 aliphatic rings. The van der Waals surface area contributed by atoms with Crippen LogP contribution in [-0.2, 0) is 0 Å². The molecule has 0 bridgehead atoms. The topological polar surface area (TPSA) is 17.1 Å². The second kappa shape index (κ2) is 5.70. The lowest BCUT2D eigenvalue weighted by molar-refractivity contribution is 0.0943. The average molecular weight is 272 g/mol. The van der Waals surface area contributed by atoms with E-state index >= 15 is 0 Å². The summed E-state index contributed by atoms with van der Waals surface area (Å²) < 4.78 is 0. The van der Waals surface area contributed by atoms with E-state index in [1.165, 1.54) is 16.0 Å². The summed E-state index contributed by atoms with van der Waals surface area (Å²) in [6.45, 7) is 8.30. The van der Waals surface area contributed by atoms with Crippen molar-refractivity contribution in [3.05, 3.63) is 46.8 Å². The standard InChI is InChI=1S/C17H20OS/c1-11(2)13-7-5-6-8-14(13)15-9-10-16(19-15)17(18)12(3)4/h5-12H,1-4H3. The minimum Gasteiger partial charge on any atom is -0.293 e. The Hall–Kier alpha value is -1.41. The normalized spacial score (nSPS) is 11.3. The molecule has 1 nitrogen and oxygen atoms in total. The Bertz CT molecular complexity index is 578. The highest BCUT2D eigenvalue weighted by Crippen LogP contribution is 2.34. The van der Waals surface area contributed by atoms with E-state index < -0.39 is 0 Å². The first-order valence-corrected chi connectivity index (χ1v) is 7.55. The zero-order valence-electron chi connectivity index (χ0n) is 11.9. The van der Waals surface area contributed by atoms with E-state index in [0.717, 1.165) is 4.88 Å². The number of carbonyl (C=O) groups is 1. The van der Waals surface area contributed by atoms with Gasteiger partial charge in [-0.25, -0.2) is 0 Å². The maximum absolute atomic E-state index is 12.0. The van der Waals surface area contributed by atoms with Crippen molar-refractivity contribution in [1.82, 2.24) is 0 Å². The fourth-order valence-electron chi connectivity index (χ4n) is 2.12. The molecular formula is C17H20OS. The Labute approximate surface area is 119 Å². The lowest BCUT2D eigenvalue weighted by atomic mass is 9.96. The molecule has 2 rings (SSSR count). The molecule has 0 spiro atoms. The highest BCUT2D eigenvalue weighted by atomic mass is 32.1.